The second kappa shape index (κ2) is 9.50. The van der Waals surface area contributed by atoms with Crippen LogP contribution >= 0.6 is 0 Å². The fraction of sp³-hybridized carbons (Fsp3) is 0.839. The first-order valence-corrected chi connectivity index (χ1v) is 14.4. The van der Waals surface area contributed by atoms with E-state index in [1.54, 1.807) is 0 Å². The molecule has 4 aliphatic carbocycles. The third kappa shape index (κ3) is 4.30. The van der Waals surface area contributed by atoms with E-state index < -0.39 is 5.41 Å². The molecule has 0 aromatic rings. The van der Waals surface area contributed by atoms with Crippen LogP contribution in [0.2, 0.25) is 0 Å². The van der Waals surface area contributed by atoms with Crippen molar-refractivity contribution in [2.24, 2.45) is 50.0 Å². The van der Waals surface area contributed by atoms with E-state index in [9.17, 15) is 19.9 Å². The number of aliphatic hydroxyl groups excluding tert-OH is 1. The lowest BCUT2D eigenvalue weighted by Gasteiger charge is -2.63. The maximum Gasteiger partial charge on any atom is 0.312 e. The van der Waals surface area contributed by atoms with Gasteiger partial charge in [0.15, 0.2) is 5.78 Å². The molecule has 37 heavy (non-hydrogen) atoms. The van der Waals surface area contributed by atoms with Crippen LogP contribution in [0, 0.1) is 44.8 Å². The summed E-state index contributed by atoms with van der Waals surface area (Å²) in [5, 5.41) is 23.4. The minimum Gasteiger partial charge on any atom is -0.469 e. The SMILES string of the molecule is COC(=O)[C@]1(CC[C@]2(C)CC(=O)C=C3[C@@]4(C)CCC(=NO)C(CO)[C@@H]4CC[C@]32C)CCC(C)(C)CC1C. The second-order valence-electron chi connectivity index (χ2n) is 14.5. The fourth-order valence-electron chi connectivity index (χ4n) is 9.37. The Labute approximate surface area is 223 Å². The van der Waals surface area contributed by atoms with Gasteiger partial charge in [-0.1, -0.05) is 52.3 Å². The van der Waals surface area contributed by atoms with Crippen LogP contribution in [0.4, 0.5) is 0 Å². The Kier molecular flexibility index (Phi) is 7.27. The zero-order valence-corrected chi connectivity index (χ0v) is 24.2. The summed E-state index contributed by atoms with van der Waals surface area (Å²) in [6.07, 6.45) is 10.1. The number of fused-ring (bicyclic) bond motifs is 3. The molecule has 0 aromatic carbocycles. The molecular weight excluding hydrogens is 466 g/mol. The molecule has 6 heteroatoms. The van der Waals surface area contributed by atoms with Crippen LogP contribution < -0.4 is 0 Å². The van der Waals surface area contributed by atoms with Crippen molar-refractivity contribution in [3.05, 3.63) is 11.6 Å². The number of nitrogens with zero attached hydrogens (tertiary/aromatic N) is 1. The number of oxime groups is 1. The second-order valence-corrected chi connectivity index (χ2v) is 14.5. The molecule has 0 aliphatic heterocycles. The van der Waals surface area contributed by atoms with Gasteiger partial charge in [0.05, 0.1) is 24.8 Å². The van der Waals surface area contributed by atoms with Gasteiger partial charge in [0.1, 0.15) is 0 Å². The quantitative estimate of drug-likeness (QED) is 0.253. The number of esters is 1. The van der Waals surface area contributed by atoms with Crippen molar-refractivity contribution in [1.29, 1.82) is 0 Å². The maximum atomic E-state index is 13.4. The van der Waals surface area contributed by atoms with Crippen LogP contribution in [0.15, 0.2) is 16.8 Å². The highest BCUT2D eigenvalue weighted by Gasteiger charge is 2.62. The van der Waals surface area contributed by atoms with Gasteiger partial charge >= 0.3 is 5.97 Å². The van der Waals surface area contributed by atoms with E-state index in [1.165, 1.54) is 12.7 Å². The number of ketones is 1. The Morgan fingerprint density at radius 3 is 2.41 bits per heavy atom. The molecule has 0 radical (unpaired) electrons. The molecule has 0 saturated heterocycles. The van der Waals surface area contributed by atoms with Gasteiger partial charge in [0.2, 0.25) is 0 Å². The van der Waals surface area contributed by atoms with Crippen LogP contribution in [-0.4, -0.2) is 41.5 Å². The van der Waals surface area contributed by atoms with Gasteiger partial charge in [0, 0.05) is 12.3 Å². The van der Waals surface area contributed by atoms with Crippen molar-refractivity contribution in [2.45, 2.75) is 106 Å². The monoisotopic (exact) mass is 515 g/mol. The number of carbonyl (C=O) groups is 2. The third-order valence-corrected chi connectivity index (χ3v) is 12.1. The highest BCUT2D eigenvalue weighted by atomic mass is 16.5. The number of ether oxygens (including phenoxy) is 1. The summed E-state index contributed by atoms with van der Waals surface area (Å²) in [7, 11) is 1.51. The molecule has 0 bridgehead atoms. The minimum absolute atomic E-state index is 0.0370. The van der Waals surface area contributed by atoms with E-state index in [1.807, 2.05) is 6.08 Å². The molecule has 3 saturated carbocycles. The van der Waals surface area contributed by atoms with Crippen LogP contribution in [-0.2, 0) is 14.3 Å². The smallest absolute Gasteiger partial charge is 0.312 e. The van der Waals surface area contributed by atoms with Crippen LogP contribution in [0.3, 0.4) is 0 Å². The Bertz CT molecular complexity index is 1000. The van der Waals surface area contributed by atoms with E-state index >= 15 is 0 Å². The number of methoxy groups -OCH3 is 1. The highest BCUT2D eigenvalue weighted by Crippen LogP contribution is 2.68. The molecule has 208 valence electrons. The topological polar surface area (TPSA) is 96.2 Å². The average Bonchev–Trinajstić information content (AvgIpc) is 2.83. The van der Waals surface area contributed by atoms with Crippen molar-refractivity contribution in [1.82, 2.24) is 0 Å². The summed E-state index contributed by atoms with van der Waals surface area (Å²) in [4.78, 5) is 26.7. The Morgan fingerprint density at radius 1 is 1.11 bits per heavy atom. The van der Waals surface area contributed by atoms with E-state index in [4.69, 9.17) is 4.74 Å². The molecular formula is C31H49NO5. The van der Waals surface area contributed by atoms with E-state index in [-0.39, 0.29) is 57.8 Å². The van der Waals surface area contributed by atoms with Crippen molar-refractivity contribution in [3.63, 3.8) is 0 Å². The number of allylic oxidation sites excluding steroid dienone is 2. The van der Waals surface area contributed by atoms with Gasteiger partial charge in [-0.05, 0) is 97.4 Å². The molecule has 7 atom stereocenters. The molecule has 0 aromatic heterocycles. The Hall–Kier alpha value is -1.69. The molecule has 0 spiro atoms. The van der Waals surface area contributed by atoms with Gasteiger partial charge in [0.25, 0.3) is 0 Å². The molecule has 0 heterocycles. The lowest BCUT2D eigenvalue weighted by atomic mass is 9.41. The van der Waals surface area contributed by atoms with E-state index in [2.05, 4.69) is 46.7 Å². The number of carbonyl (C=O) groups excluding carboxylic acids is 2. The standard InChI is InChI=1S/C31H49NO5/c1-20-17-27(2,3)12-14-31(20,26(35)37-7)15-13-28(4)18-21(34)16-25-29(5)10-9-24(32-36)22(19-33)23(29)8-11-30(25,28)6/h16,20,22-23,33,36H,8-15,17-19H2,1-7H3/t20?,22?,23-,28+,29-,30+,31-/m0/s1. The molecule has 3 fully saturated rings. The van der Waals surface area contributed by atoms with Gasteiger partial charge in [-0.2, -0.15) is 0 Å². The fourth-order valence-corrected chi connectivity index (χ4v) is 9.37. The maximum absolute atomic E-state index is 13.4. The van der Waals surface area contributed by atoms with Gasteiger partial charge in [-0.3, -0.25) is 9.59 Å². The van der Waals surface area contributed by atoms with Crippen LogP contribution in [0.1, 0.15) is 106 Å². The zero-order valence-electron chi connectivity index (χ0n) is 24.2. The highest BCUT2D eigenvalue weighted by molar-refractivity contribution is 5.93. The van der Waals surface area contributed by atoms with Crippen LogP contribution in [0.5, 0.6) is 0 Å². The zero-order chi connectivity index (χ0) is 27.4. The summed E-state index contributed by atoms with van der Waals surface area (Å²) >= 11 is 0. The van der Waals surface area contributed by atoms with Crippen LogP contribution in [0.25, 0.3) is 0 Å². The molecule has 4 rings (SSSR count). The molecule has 6 nitrogen and oxygen atoms in total. The molecule has 2 N–H and O–H groups in total. The summed E-state index contributed by atoms with van der Waals surface area (Å²) < 4.78 is 5.42. The normalized spacial score (nSPS) is 44.5. The van der Waals surface area contributed by atoms with Crippen molar-refractivity contribution < 1.29 is 24.6 Å². The van der Waals surface area contributed by atoms with E-state index in [0.29, 0.717) is 18.6 Å². The average molecular weight is 516 g/mol. The number of hydrogen-bond donors (Lipinski definition) is 2. The summed E-state index contributed by atoms with van der Waals surface area (Å²) in [5.74, 6) is 0.276. The first-order chi connectivity index (χ1) is 17.2. The van der Waals surface area contributed by atoms with Crippen molar-refractivity contribution in [2.75, 3.05) is 13.7 Å². The predicted molar refractivity (Wildman–Crippen MR) is 144 cm³/mol. The number of aliphatic hydroxyl groups is 1. The lowest BCUT2D eigenvalue weighted by molar-refractivity contribution is -0.163. The number of hydrogen-bond acceptors (Lipinski definition) is 6. The first-order valence-electron chi connectivity index (χ1n) is 14.4. The molecule has 2 unspecified atom stereocenters. The van der Waals surface area contributed by atoms with Crippen molar-refractivity contribution >= 4 is 17.5 Å². The molecule has 0 amide bonds. The Morgan fingerprint density at radius 2 is 1.81 bits per heavy atom. The van der Waals surface area contributed by atoms with Gasteiger partial charge in [-0.15, -0.1) is 0 Å². The number of rotatable bonds is 5. The van der Waals surface area contributed by atoms with E-state index in [0.717, 1.165) is 51.4 Å². The predicted octanol–water partition coefficient (Wildman–Crippen LogP) is 6.33. The third-order valence-electron chi connectivity index (χ3n) is 12.1. The minimum atomic E-state index is -0.506. The van der Waals surface area contributed by atoms with Crippen molar-refractivity contribution in [3.8, 4) is 0 Å². The van der Waals surface area contributed by atoms with Gasteiger partial charge < -0.3 is 15.1 Å². The first kappa shape index (κ1) is 28.3. The Balaban J connectivity index is 1.68. The largest absolute Gasteiger partial charge is 0.469 e. The van der Waals surface area contributed by atoms with Gasteiger partial charge in [-0.25, -0.2) is 0 Å². The summed E-state index contributed by atoms with van der Waals surface area (Å²) in [6.45, 7) is 13.6. The lowest BCUT2D eigenvalue weighted by Crippen LogP contribution is -2.57. The summed E-state index contributed by atoms with van der Waals surface area (Å²) in [6, 6.07) is 0. The molecule has 4 aliphatic rings. The summed E-state index contributed by atoms with van der Waals surface area (Å²) in [5.41, 5.74) is 0.952.